The van der Waals surface area contributed by atoms with Crippen LogP contribution in [0.1, 0.15) is 42.5 Å². The first-order valence-corrected chi connectivity index (χ1v) is 7.80. The van der Waals surface area contributed by atoms with Crippen molar-refractivity contribution in [2.75, 3.05) is 20.3 Å². The number of hydrogen-bond donors (Lipinski definition) is 2. The molecule has 118 valence electrons. The minimum absolute atomic E-state index is 0.0476. The minimum Gasteiger partial charge on any atom is -0.385 e. The second kappa shape index (κ2) is 6.44. The van der Waals surface area contributed by atoms with Crippen molar-refractivity contribution in [3.63, 3.8) is 0 Å². The van der Waals surface area contributed by atoms with Gasteiger partial charge in [-0.1, -0.05) is 12.8 Å². The zero-order valence-corrected chi connectivity index (χ0v) is 12.9. The van der Waals surface area contributed by atoms with Crippen molar-refractivity contribution < 1.29 is 9.53 Å². The van der Waals surface area contributed by atoms with Crippen LogP contribution in [0.25, 0.3) is 11.0 Å². The van der Waals surface area contributed by atoms with Crippen LogP contribution in [-0.2, 0) is 4.74 Å². The molecule has 0 unspecified atom stereocenters. The predicted molar refractivity (Wildman–Crippen MR) is 83.6 cm³/mol. The van der Waals surface area contributed by atoms with Crippen LogP contribution in [0.15, 0.2) is 18.2 Å². The van der Waals surface area contributed by atoms with Crippen LogP contribution >= 0.6 is 0 Å². The van der Waals surface area contributed by atoms with E-state index in [4.69, 9.17) is 4.74 Å². The molecular formula is C16H22N4O2. The van der Waals surface area contributed by atoms with E-state index >= 15 is 0 Å². The van der Waals surface area contributed by atoms with E-state index in [0.29, 0.717) is 17.6 Å². The standard InChI is InChI=1S/C16H22N4O2/c1-22-9-8-16(6-2-3-7-16)11-17-15(21)12-4-5-13-14(10-12)19-20-18-13/h4-5,10H,2-3,6-9,11H2,1H3,(H,17,21)(H,18,19,20). The highest BCUT2D eigenvalue weighted by Crippen LogP contribution is 2.40. The quantitative estimate of drug-likeness (QED) is 0.858. The Morgan fingerprint density at radius 1 is 1.32 bits per heavy atom. The van der Waals surface area contributed by atoms with Gasteiger partial charge in [-0.15, -0.1) is 0 Å². The first-order valence-electron chi connectivity index (χ1n) is 7.80. The number of amides is 1. The second-order valence-corrected chi connectivity index (χ2v) is 6.16. The molecule has 0 aliphatic heterocycles. The van der Waals surface area contributed by atoms with Gasteiger partial charge in [0.25, 0.3) is 5.91 Å². The third-order valence-electron chi connectivity index (χ3n) is 4.70. The van der Waals surface area contributed by atoms with Crippen molar-refractivity contribution in [3.8, 4) is 0 Å². The summed E-state index contributed by atoms with van der Waals surface area (Å²) >= 11 is 0. The summed E-state index contributed by atoms with van der Waals surface area (Å²) in [6.45, 7) is 1.47. The summed E-state index contributed by atoms with van der Waals surface area (Å²) in [4.78, 5) is 12.4. The van der Waals surface area contributed by atoms with Gasteiger partial charge < -0.3 is 10.1 Å². The summed E-state index contributed by atoms with van der Waals surface area (Å²) in [5, 5.41) is 13.7. The van der Waals surface area contributed by atoms with Gasteiger partial charge in [-0.2, -0.15) is 15.4 Å². The third kappa shape index (κ3) is 3.11. The van der Waals surface area contributed by atoms with Crippen LogP contribution in [0.5, 0.6) is 0 Å². The fraction of sp³-hybridized carbons (Fsp3) is 0.562. The molecule has 1 amide bonds. The number of hydrogen-bond acceptors (Lipinski definition) is 4. The summed E-state index contributed by atoms with van der Waals surface area (Å²) < 4.78 is 5.23. The van der Waals surface area contributed by atoms with Gasteiger partial charge in [-0.3, -0.25) is 4.79 Å². The second-order valence-electron chi connectivity index (χ2n) is 6.16. The molecule has 1 saturated carbocycles. The number of aromatic amines is 1. The Labute approximate surface area is 129 Å². The number of H-pyrrole nitrogens is 1. The van der Waals surface area contributed by atoms with Crippen LogP contribution in [-0.4, -0.2) is 41.6 Å². The minimum atomic E-state index is -0.0476. The maximum Gasteiger partial charge on any atom is 0.251 e. The number of ether oxygens (including phenoxy) is 1. The monoisotopic (exact) mass is 302 g/mol. The van der Waals surface area contributed by atoms with Gasteiger partial charge in [0.1, 0.15) is 11.0 Å². The summed E-state index contributed by atoms with van der Waals surface area (Å²) in [7, 11) is 1.73. The molecule has 2 N–H and O–H groups in total. The highest BCUT2D eigenvalue weighted by molar-refractivity contribution is 5.97. The van der Waals surface area contributed by atoms with Crippen molar-refractivity contribution in [2.45, 2.75) is 32.1 Å². The van der Waals surface area contributed by atoms with Crippen molar-refractivity contribution in [2.24, 2.45) is 5.41 Å². The van der Waals surface area contributed by atoms with E-state index in [0.717, 1.165) is 18.5 Å². The molecule has 1 aromatic carbocycles. The zero-order chi connectivity index (χ0) is 15.4. The molecule has 1 aliphatic rings. The zero-order valence-electron chi connectivity index (χ0n) is 12.9. The summed E-state index contributed by atoms with van der Waals surface area (Å²) in [6, 6.07) is 5.37. The molecular weight excluding hydrogens is 280 g/mol. The lowest BCUT2D eigenvalue weighted by molar-refractivity contribution is 0.0903. The number of fused-ring (bicyclic) bond motifs is 1. The lowest BCUT2D eigenvalue weighted by Gasteiger charge is -2.29. The van der Waals surface area contributed by atoms with E-state index in [1.54, 1.807) is 19.2 Å². The fourth-order valence-electron chi connectivity index (χ4n) is 3.31. The normalized spacial score (nSPS) is 17.0. The van der Waals surface area contributed by atoms with Crippen molar-refractivity contribution in [1.29, 1.82) is 0 Å². The van der Waals surface area contributed by atoms with Crippen LogP contribution in [0.2, 0.25) is 0 Å². The van der Waals surface area contributed by atoms with E-state index in [9.17, 15) is 4.79 Å². The third-order valence-corrected chi connectivity index (χ3v) is 4.70. The van der Waals surface area contributed by atoms with Gasteiger partial charge in [-0.25, -0.2) is 0 Å². The molecule has 3 rings (SSSR count). The van der Waals surface area contributed by atoms with Gasteiger partial charge >= 0.3 is 0 Å². The Morgan fingerprint density at radius 2 is 2.09 bits per heavy atom. The number of nitrogens with zero attached hydrogens (tertiary/aromatic N) is 2. The molecule has 0 bridgehead atoms. The number of methoxy groups -OCH3 is 1. The van der Waals surface area contributed by atoms with Gasteiger partial charge in [0, 0.05) is 25.8 Å². The molecule has 0 spiro atoms. The Balaban J connectivity index is 1.65. The molecule has 1 aliphatic carbocycles. The number of carbonyl (C=O) groups is 1. The van der Waals surface area contributed by atoms with Crippen molar-refractivity contribution >= 4 is 16.9 Å². The summed E-state index contributed by atoms with van der Waals surface area (Å²) in [5.74, 6) is -0.0476. The lowest BCUT2D eigenvalue weighted by atomic mass is 9.83. The van der Waals surface area contributed by atoms with E-state index in [2.05, 4.69) is 20.7 Å². The largest absolute Gasteiger partial charge is 0.385 e. The Hall–Kier alpha value is -1.95. The van der Waals surface area contributed by atoms with Crippen LogP contribution in [0, 0.1) is 5.41 Å². The van der Waals surface area contributed by atoms with Crippen LogP contribution < -0.4 is 5.32 Å². The smallest absolute Gasteiger partial charge is 0.251 e. The highest BCUT2D eigenvalue weighted by atomic mass is 16.5. The molecule has 6 heteroatoms. The Morgan fingerprint density at radius 3 is 2.86 bits per heavy atom. The number of benzene rings is 1. The molecule has 22 heavy (non-hydrogen) atoms. The maximum absolute atomic E-state index is 12.4. The van der Waals surface area contributed by atoms with Gasteiger partial charge in [-0.05, 0) is 42.9 Å². The lowest BCUT2D eigenvalue weighted by Crippen LogP contribution is -2.36. The molecule has 0 radical (unpaired) electrons. The Bertz CT molecular complexity index is 646. The number of nitrogens with one attached hydrogen (secondary N) is 2. The average molecular weight is 302 g/mol. The van der Waals surface area contributed by atoms with E-state index in [1.165, 1.54) is 25.7 Å². The number of aromatic nitrogens is 3. The molecule has 1 fully saturated rings. The Kier molecular flexibility index (Phi) is 4.38. The summed E-state index contributed by atoms with van der Waals surface area (Å²) in [5.41, 5.74) is 2.30. The molecule has 1 aromatic heterocycles. The fourth-order valence-corrected chi connectivity index (χ4v) is 3.31. The number of rotatable bonds is 6. The van der Waals surface area contributed by atoms with Crippen LogP contribution in [0.3, 0.4) is 0 Å². The molecule has 1 heterocycles. The molecule has 0 saturated heterocycles. The predicted octanol–water partition coefficient (Wildman–Crippen LogP) is 2.28. The molecule has 6 nitrogen and oxygen atoms in total. The molecule has 2 aromatic rings. The topological polar surface area (TPSA) is 79.9 Å². The first-order chi connectivity index (χ1) is 10.7. The van der Waals surface area contributed by atoms with Crippen molar-refractivity contribution in [1.82, 2.24) is 20.7 Å². The van der Waals surface area contributed by atoms with Gasteiger partial charge in [0.05, 0.1) is 0 Å². The van der Waals surface area contributed by atoms with Gasteiger partial charge in [0.15, 0.2) is 0 Å². The van der Waals surface area contributed by atoms with Crippen molar-refractivity contribution in [3.05, 3.63) is 23.8 Å². The van der Waals surface area contributed by atoms with Crippen LogP contribution in [0.4, 0.5) is 0 Å². The first kappa shape index (κ1) is 15.0. The van der Waals surface area contributed by atoms with E-state index in [-0.39, 0.29) is 11.3 Å². The SMILES string of the molecule is COCCC1(CNC(=O)c2ccc3n[nH]nc3c2)CCCC1. The van der Waals surface area contributed by atoms with Gasteiger partial charge in [0.2, 0.25) is 0 Å². The van der Waals surface area contributed by atoms with E-state index < -0.39 is 0 Å². The average Bonchev–Trinajstić information content (AvgIpc) is 3.19. The highest BCUT2D eigenvalue weighted by Gasteiger charge is 2.33. The summed E-state index contributed by atoms with van der Waals surface area (Å²) in [6.07, 6.45) is 5.82. The number of carbonyl (C=O) groups excluding carboxylic acids is 1. The maximum atomic E-state index is 12.4. The van der Waals surface area contributed by atoms with E-state index in [1.807, 2.05) is 6.07 Å². The molecule has 0 atom stereocenters.